The number of pyridine rings is 1. The van der Waals surface area contributed by atoms with Crippen molar-refractivity contribution < 1.29 is 9.36 Å². The predicted molar refractivity (Wildman–Crippen MR) is 132 cm³/mol. The second-order valence-electron chi connectivity index (χ2n) is 8.16. The molecule has 0 spiro atoms. The first-order chi connectivity index (χ1) is 16.1. The quantitative estimate of drug-likeness (QED) is 0.309. The molecule has 1 amide bonds. The molecule has 2 aromatic carbocycles. The van der Waals surface area contributed by atoms with E-state index in [0.29, 0.717) is 17.1 Å². The highest BCUT2D eigenvalue weighted by Crippen LogP contribution is 2.25. The van der Waals surface area contributed by atoms with Gasteiger partial charge in [0.15, 0.2) is 11.9 Å². The lowest BCUT2D eigenvalue weighted by atomic mass is 9.94. The predicted octanol–water partition coefficient (Wildman–Crippen LogP) is 3.93. The Hall–Kier alpha value is -3.83. The van der Waals surface area contributed by atoms with Crippen LogP contribution in [0.15, 0.2) is 58.9 Å². The summed E-state index contributed by atoms with van der Waals surface area (Å²) in [6, 6.07) is 15.4. The molecule has 164 valence electrons. The molecule has 8 heteroatoms. The van der Waals surface area contributed by atoms with Crippen LogP contribution in [0.4, 0.5) is 11.4 Å². The number of terminal acetylenes is 1. The monoisotopic (exact) mass is 455 g/mol. The Kier molecular flexibility index (Phi) is 5.71. The van der Waals surface area contributed by atoms with Crippen LogP contribution in [-0.4, -0.2) is 17.1 Å². The summed E-state index contributed by atoms with van der Waals surface area (Å²) in [5.41, 5.74) is 8.42. The minimum Gasteiger partial charge on any atom is -0.357 e. The zero-order valence-corrected chi connectivity index (χ0v) is 18.8. The number of fused-ring (bicyclic) bond motifs is 2. The number of thiocarbonyl (C=S) groups is 1. The summed E-state index contributed by atoms with van der Waals surface area (Å²) in [7, 11) is 0. The van der Waals surface area contributed by atoms with Crippen LogP contribution in [0.3, 0.4) is 0 Å². The first-order valence-corrected chi connectivity index (χ1v) is 11.3. The summed E-state index contributed by atoms with van der Waals surface area (Å²) >= 11 is 5.16. The molecular weight excluding hydrogens is 432 g/mol. The number of rotatable bonds is 5. The molecule has 0 saturated heterocycles. The van der Waals surface area contributed by atoms with Gasteiger partial charge in [-0.3, -0.25) is 4.79 Å². The van der Waals surface area contributed by atoms with E-state index in [4.69, 9.17) is 18.6 Å². The Morgan fingerprint density at radius 2 is 2.06 bits per heavy atom. The molecule has 1 atom stereocenters. The number of anilines is 2. The van der Waals surface area contributed by atoms with Crippen LogP contribution >= 0.6 is 12.2 Å². The van der Waals surface area contributed by atoms with Gasteiger partial charge in [0.1, 0.15) is 4.99 Å². The van der Waals surface area contributed by atoms with Crippen LogP contribution in [0.1, 0.15) is 34.5 Å². The molecule has 0 fully saturated rings. The van der Waals surface area contributed by atoms with Gasteiger partial charge in [-0.15, -0.1) is 11.5 Å². The highest BCUT2D eigenvalue weighted by atomic mass is 32.1. The zero-order valence-electron chi connectivity index (χ0n) is 18.0. The fourth-order valence-corrected chi connectivity index (χ4v) is 4.58. The molecule has 1 unspecified atom stereocenters. The van der Waals surface area contributed by atoms with E-state index in [1.54, 1.807) is 12.1 Å². The van der Waals surface area contributed by atoms with E-state index in [2.05, 4.69) is 43.0 Å². The lowest BCUT2D eigenvalue weighted by molar-refractivity contribution is -0.667. The van der Waals surface area contributed by atoms with Crippen molar-refractivity contribution in [2.24, 2.45) is 10.3 Å². The van der Waals surface area contributed by atoms with Crippen molar-refractivity contribution in [2.75, 3.05) is 10.6 Å². The van der Waals surface area contributed by atoms with Gasteiger partial charge in [-0.1, -0.05) is 23.5 Å². The van der Waals surface area contributed by atoms with Crippen molar-refractivity contribution in [3.63, 3.8) is 0 Å². The summed E-state index contributed by atoms with van der Waals surface area (Å²) in [5.74, 6) is 2.60. The molecule has 2 heterocycles. The number of hydrogen-bond acceptors (Lipinski definition) is 5. The summed E-state index contributed by atoms with van der Waals surface area (Å²) in [6.07, 6.45) is 9.73. The molecule has 3 aromatic rings. The van der Waals surface area contributed by atoms with Gasteiger partial charge < -0.3 is 10.6 Å². The maximum atomic E-state index is 13.0. The van der Waals surface area contributed by atoms with Crippen molar-refractivity contribution in [2.45, 2.75) is 38.4 Å². The SMILES string of the molecule is C#CC[n+]1c2c(cc3cc(NC(=O)c4cccc(NC5N=NNC5=S)c4)ccc31)CCCC2. The topological polar surface area (TPSA) is 81.8 Å². The van der Waals surface area contributed by atoms with Gasteiger partial charge in [0.05, 0.1) is 0 Å². The fraction of sp³-hybridized carbons (Fsp3) is 0.240. The van der Waals surface area contributed by atoms with Gasteiger partial charge in [-0.2, -0.15) is 4.57 Å². The average Bonchev–Trinajstić information content (AvgIpc) is 3.23. The number of aryl methyl sites for hydroxylation is 1. The highest BCUT2D eigenvalue weighted by Gasteiger charge is 2.23. The number of aromatic nitrogens is 1. The number of benzene rings is 2. The van der Waals surface area contributed by atoms with Crippen LogP contribution in [0.25, 0.3) is 10.9 Å². The lowest BCUT2D eigenvalue weighted by Gasteiger charge is -2.16. The molecular formula is C25H23N6OS+. The molecule has 33 heavy (non-hydrogen) atoms. The highest BCUT2D eigenvalue weighted by molar-refractivity contribution is 7.80. The maximum absolute atomic E-state index is 13.0. The molecule has 7 nitrogen and oxygen atoms in total. The van der Waals surface area contributed by atoms with Crippen LogP contribution < -0.4 is 20.6 Å². The Bertz CT molecular complexity index is 1340. The third-order valence-electron chi connectivity index (χ3n) is 5.97. The summed E-state index contributed by atoms with van der Waals surface area (Å²) in [5, 5.41) is 14.9. The Morgan fingerprint density at radius 1 is 1.18 bits per heavy atom. The fourth-order valence-electron chi connectivity index (χ4n) is 4.43. The third-order valence-corrected chi connectivity index (χ3v) is 6.29. The van der Waals surface area contributed by atoms with Crippen molar-refractivity contribution in [1.82, 2.24) is 5.43 Å². The largest absolute Gasteiger partial charge is 0.357 e. The molecule has 1 aliphatic heterocycles. The summed E-state index contributed by atoms with van der Waals surface area (Å²) in [6.45, 7) is 0.546. The van der Waals surface area contributed by atoms with Crippen LogP contribution in [0.5, 0.6) is 0 Å². The minimum atomic E-state index is -0.431. The molecule has 5 rings (SSSR count). The van der Waals surface area contributed by atoms with Crippen molar-refractivity contribution in [1.29, 1.82) is 0 Å². The number of carbonyl (C=O) groups is 1. The molecule has 1 aromatic heterocycles. The first-order valence-electron chi connectivity index (χ1n) is 10.9. The molecule has 2 aliphatic rings. The van der Waals surface area contributed by atoms with E-state index in [1.807, 2.05) is 30.3 Å². The maximum Gasteiger partial charge on any atom is 0.255 e. The number of amides is 1. The Balaban J connectivity index is 1.39. The van der Waals surface area contributed by atoms with Crippen LogP contribution in [0.2, 0.25) is 0 Å². The van der Waals surface area contributed by atoms with E-state index in [1.165, 1.54) is 24.1 Å². The standard InChI is InChI=1S/C25H22N6OS/c1-2-12-31-21-9-4-3-6-16(21)13-18-15-20(10-11-22(18)31)27-24(32)17-7-5-8-19(14-17)26-23-25(33)29-30-28-23/h1,5,7-8,10-11,13-15,23,26H,3-4,6,9,12H2,(H-,27,28,29,32,33)/p+1. The van der Waals surface area contributed by atoms with Gasteiger partial charge >= 0.3 is 0 Å². The molecule has 0 radical (unpaired) electrons. The van der Waals surface area contributed by atoms with E-state index in [9.17, 15) is 4.79 Å². The molecule has 3 N–H and O–H groups in total. The van der Waals surface area contributed by atoms with Gasteiger partial charge in [0.25, 0.3) is 5.91 Å². The van der Waals surface area contributed by atoms with E-state index in [0.717, 1.165) is 35.1 Å². The van der Waals surface area contributed by atoms with Crippen LogP contribution in [-0.2, 0) is 19.4 Å². The first kappa shape index (κ1) is 21.0. The van der Waals surface area contributed by atoms with Crippen molar-refractivity contribution >= 4 is 45.4 Å². The van der Waals surface area contributed by atoms with Gasteiger partial charge in [0, 0.05) is 40.4 Å². The molecule has 1 aliphatic carbocycles. The van der Waals surface area contributed by atoms with Gasteiger partial charge in [-0.05, 0) is 61.6 Å². The summed E-state index contributed by atoms with van der Waals surface area (Å²) < 4.78 is 2.24. The Labute approximate surface area is 197 Å². The van der Waals surface area contributed by atoms with Gasteiger partial charge in [-0.25, -0.2) is 5.43 Å². The molecule has 0 bridgehead atoms. The van der Waals surface area contributed by atoms with E-state index < -0.39 is 6.17 Å². The summed E-state index contributed by atoms with van der Waals surface area (Å²) in [4.78, 5) is 13.4. The Morgan fingerprint density at radius 3 is 2.88 bits per heavy atom. The van der Waals surface area contributed by atoms with Gasteiger partial charge in [0.2, 0.25) is 12.1 Å². The van der Waals surface area contributed by atoms with E-state index in [-0.39, 0.29) is 5.91 Å². The van der Waals surface area contributed by atoms with Crippen molar-refractivity contribution in [3.8, 4) is 12.3 Å². The number of hydrogen-bond donors (Lipinski definition) is 3. The van der Waals surface area contributed by atoms with E-state index >= 15 is 0 Å². The second kappa shape index (κ2) is 8.96. The smallest absolute Gasteiger partial charge is 0.255 e. The average molecular weight is 456 g/mol. The lowest BCUT2D eigenvalue weighted by Crippen LogP contribution is -2.41. The third kappa shape index (κ3) is 4.28. The molecule has 0 saturated carbocycles. The van der Waals surface area contributed by atoms with Crippen LogP contribution in [0, 0.1) is 12.3 Å². The zero-order chi connectivity index (χ0) is 22.8. The minimum absolute atomic E-state index is 0.193. The number of nitrogens with one attached hydrogen (secondary N) is 3. The second-order valence-corrected chi connectivity index (χ2v) is 8.60. The number of nitrogens with zero attached hydrogens (tertiary/aromatic N) is 3. The van der Waals surface area contributed by atoms with Crippen molar-refractivity contribution in [3.05, 3.63) is 65.4 Å². The normalized spacial score (nSPS) is 16.7. The number of carbonyl (C=O) groups excluding carboxylic acids is 1.